The standard InChI is InChI=1S/C23H24FN3O2/c24-17-7-5-16(6-8-17)23(28)29-12-11-26-9-10-27-15-22-20(13-18(27)14-26)19-3-1-2-4-21(19)25-22/h1-8,18,25H,9-15H2. The molecule has 1 fully saturated rings. The lowest BCUT2D eigenvalue weighted by Crippen LogP contribution is -2.55. The monoisotopic (exact) mass is 393 g/mol. The molecule has 3 heterocycles. The summed E-state index contributed by atoms with van der Waals surface area (Å²) in [6.45, 7) is 5.01. The van der Waals surface area contributed by atoms with Gasteiger partial charge in [0.15, 0.2) is 0 Å². The average molecular weight is 393 g/mol. The van der Waals surface area contributed by atoms with E-state index in [-0.39, 0.29) is 5.82 Å². The Bertz CT molecular complexity index is 1030. The van der Waals surface area contributed by atoms with Gasteiger partial charge in [0, 0.05) is 55.4 Å². The van der Waals surface area contributed by atoms with Crippen molar-refractivity contribution in [3.63, 3.8) is 0 Å². The van der Waals surface area contributed by atoms with E-state index in [1.165, 1.54) is 46.4 Å². The molecule has 1 unspecified atom stereocenters. The molecule has 2 aliphatic rings. The first-order chi connectivity index (χ1) is 14.2. The largest absolute Gasteiger partial charge is 0.461 e. The molecule has 1 saturated heterocycles. The van der Waals surface area contributed by atoms with E-state index in [4.69, 9.17) is 4.74 Å². The second-order valence-corrected chi connectivity index (χ2v) is 7.90. The van der Waals surface area contributed by atoms with E-state index in [2.05, 4.69) is 39.0 Å². The molecule has 0 spiro atoms. The third-order valence-electron chi connectivity index (χ3n) is 6.11. The number of nitrogens with zero attached hydrogens (tertiary/aromatic N) is 2. The number of hydrogen-bond donors (Lipinski definition) is 1. The summed E-state index contributed by atoms with van der Waals surface area (Å²) in [4.78, 5) is 20.6. The summed E-state index contributed by atoms with van der Waals surface area (Å²) >= 11 is 0. The lowest BCUT2D eigenvalue weighted by Gasteiger charge is -2.43. The number of nitrogens with one attached hydrogen (secondary N) is 1. The molecule has 1 aromatic heterocycles. The zero-order valence-electron chi connectivity index (χ0n) is 16.2. The van der Waals surface area contributed by atoms with Gasteiger partial charge in [0.1, 0.15) is 12.4 Å². The van der Waals surface area contributed by atoms with Gasteiger partial charge in [-0.1, -0.05) is 18.2 Å². The number of halogens is 1. The van der Waals surface area contributed by atoms with E-state index in [9.17, 15) is 9.18 Å². The van der Waals surface area contributed by atoms with Gasteiger partial charge in [-0.25, -0.2) is 9.18 Å². The Balaban J connectivity index is 1.18. The molecule has 2 aliphatic heterocycles. The highest BCUT2D eigenvalue weighted by atomic mass is 19.1. The molecule has 3 aromatic rings. The van der Waals surface area contributed by atoms with Crippen molar-refractivity contribution in [2.24, 2.45) is 0 Å². The summed E-state index contributed by atoms with van der Waals surface area (Å²) in [6, 6.07) is 14.5. The van der Waals surface area contributed by atoms with Crippen LogP contribution in [0.3, 0.4) is 0 Å². The topological polar surface area (TPSA) is 48.6 Å². The molecule has 2 aromatic carbocycles. The number of rotatable bonds is 4. The van der Waals surface area contributed by atoms with Crippen LogP contribution in [0, 0.1) is 5.82 Å². The van der Waals surface area contributed by atoms with Crippen LogP contribution < -0.4 is 0 Å². The molecule has 0 aliphatic carbocycles. The highest BCUT2D eigenvalue weighted by molar-refractivity contribution is 5.89. The Morgan fingerprint density at radius 3 is 2.83 bits per heavy atom. The van der Waals surface area contributed by atoms with Gasteiger partial charge in [-0.2, -0.15) is 0 Å². The maximum atomic E-state index is 13.0. The minimum absolute atomic E-state index is 0.348. The van der Waals surface area contributed by atoms with Crippen molar-refractivity contribution < 1.29 is 13.9 Å². The van der Waals surface area contributed by atoms with Gasteiger partial charge >= 0.3 is 5.97 Å². The normalized spacial score (nSPS) is 19.7. The van der Waals surface area contributed by atoms with Crippen molar-refractivity contribution in [3.05, 3.63) is 71.2 Å². The number of piperazine rings is 1. The predicted molar refractivity (Wildman–Crippen MR) is 109 cm³/mol. The average Bonchev–Trinajstić information content (AvgIpc) is 3.10. The van der Waals surface area contributed by atoms with Crippen molar-refractivity contribution in [2.75, 3.05) is 32.8 Å². The molecule has 6 heteroatoms. The van der Waals surface area contributed by atoms with Crippen LogP contribution in [0.1, 0.15) is 21.6 Å². The molecule has 5 rings (SSSR count). The minimum Gasteiger partial charge on any atom is -0.461 e. The molecule has 0 radical (unpaired) electrons. The Hall–Kier alpha value is -2.70. The first kappa shape index (κ1) is 18.3. The maximum absolute atomic E-state index is 13.0. The number of carbonyl (C=O) groups excluding carboxylic acids is 1. The number of esters is 1. The molecular formula is C23H24FN3O2. The number of para-hydroxylation sites is 1. The zero-order valence-corrected chi connectivity index (χ0v) is 16.2. The summed E-state index contributed by atoms with van der Waals surface area (Å²) in [5.41, 5.74) is 4.41. The van der Waals surface area contributed by atoms with Crippen molar-refractivity contribution in [1.82, 2.24) is 14.8 Å². The highest BCUT2D eigenvalue weighted by Crippen LogP contribution is 2.31. The lowest BCUT2D eigenvalue weighted by molar-refractivity contribution is 0.0301. The summed E-state index contributed by atoms with van der Waals surface area (Å²) < 4.78 is 18.4. The van der Waals surface area contributed by atoms with E-state index in [1.807, 2.05) is 0 Å². The third kappa shape index (κ3) is 3.66. The predicted octanol–water partition coefficient (Wildman–Crippen LogP) is 3.21. The second-order valence-electron chi connectivity index (χ2n) is 7.90. The van der Waals surface area contributed by atoms with Crippen LogP contribution >= 0.6 is 0 Å². The van der Waals surface area contributed by atoms with E-state index in [0.717, 1.165) is 39.1 Å². The fourth-order valence-corrected chi connectivity index (χ4v) is 4.56. The fourth-order valence-electron chi connectivity index (χ4n) is 4.56. The summed E-state index contributed by atoms with van der Waals surface area (Å²) in [7, 11) is 0. The van der Waals surface area contributed by atoms with Crippen molar-refractivity contribution >= 4 is 16.9 Å². The third-order valence-corrected chi connectivity index (χ3v) is 6.11. The van der Waals surface area contributed by atoms with Crippen molar-refractivity contribution in [1.29, 1.82) is 0 Å². The van der Waals surface area contributed by atoms with Crippen LogP contribution in [0.2, 0.25) is 0 Å². The van der Waals surface area contributed by atoms with Crippen LogP contribution in [-0.4, -0.2) is 59.6 Å². The van der Waals surface area contributed by atoms with Crippen LogP contribution in [0.25, 0.3) is 10.9 Å². The number of aromatic amines is 1. The summed E-state index contributed by atoms with van der Waals surface area (Å²) in [5.74, 6) is -0.755. The van der Waals surface area contributed by atoms with Gasteiger partial charge in [-0.15, -0.1) is 0 Å². The fraction of sp³-hybridized carbons (Fsp3) is 0.348. The Morgan fingerprint density at radius 2 is 1.97 bits per heavy atom. The van der Waals surface area contributed by atoms with Gasteiger partial charge < -0.3 is 9.72 Å². The van der Waals surface area contributed by atoms with Crippen LogP contribution in [0.5, 0.6) is 0 Å². The molecular weight excluding hydrogens is 369 g/mol. The first-order valence-electron chi connectivity index (χ1n) is 10.1. The minimum atomic E-state index is -0.398. The van der Waals surface area contributed by atoms with Gasteiger partial charge in [0.05, 0.1) is 5.56 Å². The van der Waals surface area contributed by atoms with Crippen molar-refractivity contribution in [3.8, 4) is 0 Å². The molecule has 1 N–H and O–H groups in total. The zero-order chi connectivity index (χ0) is 19.8. The van der Waals surface area contributed by atoms with E-state index >= 15 is 0 Å². The summed E-state index contributed by atoms with van der Waals surface area (Å²) in [6.07, 6.45) is 1.05. The van der Waals surface area contributed by atoms with Crippen molar-refractivity contribution in [2.45, 2.75) is 19.0 Å². The molecule has 1 atom stereocenters. The Kier molecular flexibility index (Phi) is 4.81. The molecule has 0 amide bonds. The number of benzene rings is 2. The quantitative estimate of drug-likeness (QED) is 0.692. The smallest absolute Gasteiger partial charge is 0.338 e. The maximum Gasteiger partial charge on any atom is 0.338 e. The van der Waals surface area contributed by atoms with Gasteiger partial charge in [0.2, 0.25) is 0 Å². The van der Waals surface area contributed by atoms with Crippen LogP contribution in [0.4, 0.5) is 4.39 Å². The Labute approximate surface area is 169 Å². The molecule has 0 saturated carbocycles. The highest BCUT2D eigenvalue weighted by Gasteiger charge is 2.33. The number of aromatic nitrogens is 1. The number of hydrogen-bond acceptors (Lipinski definition) is 4. The molecule has 0 bridgehead atoms. The number of H-pyrrole nitrogens is 1. The van der Waals surface area contributed by atoms with Crippen LogP contribution in [0.15, 0.2) is 48.5 Å². The Morgan fingerprint density at radius 1 is 1.14 bits per heavy atom. The van der Waals surface area contributed by atoms with E-state index < -0.39 is 5.97 Å². The molecule has 29 heavy (non-hydrogen) atoms. The van der Waals surface area contributed by atoms with Crippen LogP contribution in [-0.2, 0) is 17.7 Å². The molecule has 150 valence electrons. The van der Waals surface area contributed by atoms with Gasteiger partial charge in [-0.05, 0) is 42.3 Å². The second kappa shape index (κ2) is 7.61. The number of carbonyl (C=O) groups is 1. The van der Waals surface area contributed by atoms with E-state index in [0.29, 0.717) is 18.2 Å². The van der Waals surface area contributed by atoms with Gasteiger partial charge in [0.25, 0.3) is 0 Å². The number of ether oxygens (including phenoxy) is 1. The van der Waals surface area contributed by atoms with Gasteiger partial charge in [-0.3, -0.25) is 9.80 Å². The SMILES string of the molecule is O=C(OCCN1CCN2Cc3[nH]c4ccccc4c3CC2C1)c1ccc(F)cc1. The van der Waals surface area contributed by atoms with E-state index in [1.54, 1.807) is 0 Å². The molecule has 5 nitrogen and oxygen atoms in total. The number of fused-ring (bicyclic) bond motifs is 4. The summed E-state index contributed by atoms with van der Waals surface area (Å²) in [5, 5.41) is 1.34. The lowest BCUT2D eigenvalue weighted by atomic mass is 9.95. The first-order valence-corrected chi connectivity index (χ1v) is 10.1.